The molecule has 0 aliphatic rings. The lowest BCUT2D eigenvalue weighted by molar-refractivity contribution is 0.299. The number of hydrogen-bond donors (Lipinski definition) is 0. The second-order valence-electron chi connectivity index (χ2n) is 16.0. The lowest BCUT2D eigenvalue weighted by Gasteiger charge is -2.25. The predicted molar refractivity (Wildman–Crippen MR) is 238 cm³/mol. The number of benzene rings is 4. The normalized spacial score (nSPS) is 11.2. The van der Waals surface area contributed by atoms with Crippen molar-refractivity contribution in [3.05, 3.63) is 102 Å². The lowest BCUT2D eigenvalue weighted by Crippen LogP contribution is -2.54. The van der Waals surface area contributed by atoms with Gasteiger partial charge in [0.05, 0.1) is 13.2 Å². The molecule has 54 heavy (non-hydrogen) atoms. The summed E-state index contributed by atoms with van der Waals surface area (Å²) in [7, 11) is 0. The van der Waals surface area contributed by atoms with E-state index in [1.807, 2.05) is 0 Å². The molecule has 0 amide bonds. The highest BCUT2D eigenvalue weighted by molar-refractivity contribution is 6.96. The zero-order valence-corrected chi connectivity index (χ0v) is 35.0. The van der Waals surface area contributed by atoms with Crippen LogP contribution in [0.25, 0.3) is 11.1 Å². The molecular weight excluding hydrogens is 655 g/mol. The van der Waals surface area contributed by atoms with Gasteiger partial charge in [0, 0.05) is 5.56 Å². The van der Waals surface area contributed by atoms with E-state index >= 15 is 0 Å². The molecule has 0 radical (unpaired) electrons. The van der Waals surface area contributed by atoms with Crippen LogP contribution in [-0.2, 0) is 0 Å². The van der Waals surface area contributed by atoms with Crippen LogP contribution >= 0.6 is 0 Å². The van der Waals surface area contributed by atoms with Crippen molar-refractivity contribution in [1.29, 1.82) is 0 Å². The van der Waals surface area contributed by atoms with Crippen LogP contribution in [0, 0.1) is 20.8 Å². The van der Waals surface area contributed by atoms with Crippen molar-refractivity contribution < 1.29 is 9.47 Å². The Labute approximate surface area is 332 Å². The van der Waals surface area contributed by atoms with Gasteiger partial charge in [-0.05, 0) is 56.8 Å². The molecule has 0 fully saturated rings. The first kappa shape index (κ1) is 43.3. The molecule has 0 aliphatic carbocycles. The van der Waals surface area contributed by atoms with E-state index in [1.165, 1.54) is 154 Å². The maximum Gasteiger partial charge on any atom is 0.246 e. The monoisotopic (exact) mass is 729 g/mol. The second-order valence-corrected chi connectivity index (χ2v) is 16.0. The highest BCUT2D eigenvalue weighted by Crippen LogP contribution is 2.34. The SMILES string of the molecule is CCCCCCCCCCCCOc1cc(-c2ccccc2)c(OCCCCCCCCCCCC)cc1B(c1ccccc1)c1c(C)cc(C)cc1C. The number of ether oxygens (including phenoxy) is 2. The Morgan fingerprint density at radius 2 is 0.870 bits per heavy atom. The van der Waals surface area contributed by atoms with Crippen LogP contribution in [0.2, 0.25) is 0 Å². The van der Waals surface area contributed by atoms with Gasteiger partial charge in [0.1, 0.15) is 11.5 Å². The fourth-order valence-corrected chi connectivity index (χ4v) is 8.23. The molecule has 4 rings (SSSR count). The van der Waals surface area contributed by atoms with Crippen molar-refractivity contribution in [3.8, 4) is 22.6 Å². The average molecular weight is 729 g/mol. The number of hydrogen-bond acceptors (Lipinski definition) is 2. The molecule has 3 heteroatoms. The maximum atomic E-state index is 6.91. The first-order valence-electron chi connectivity index (χ1n) is 22.1. The van der Waals surface area contributed by atoms with Gasteiger partial charge in [0.25, 0.3) is 0 Å². The topological polar surface area (TPSA) is 18.5 Å². The van der Waals surface area contributed by atoms with Crippen molar-refractivity contribution >= 4 is 23.1 Å². The van der Waals surface area contributed by atoms with E-state index in [1.54, 1.807) is 0 Å². The molecule has 0 spiro atoms. The van der Waals surface area contributed by atoms with Gasteiger partial charge in [-0.3, -0.25) is 0 Å². The summed E-state index contributed by atoms with van der Waals surface area (Å²) in [6.07, 6.45) is 26.3. The average Bonchev–Trinajstić information content (AvgIpc) is 3.18. The van der Waals surface area contributed by atoms with Crippen molar-refractivity contribution in [2.24, 2.45) is 0 Å². The highest BCUT2D eigenvalue weighted by Gasteiger charge is 2.30. The molecule has 0 unspecified atom stereocenters. The Morgan fingerprint density at radius 3 is 1.35 bits per heavy atom. The molecule has 4 aromatic rings. The van der Waals surface area contributed by atoms with E-state index in [0.717, 1.165) is 43.1 Å². The van der Waals surface area contributed by atoms with Gasteiger partial charge in [-0.15, -0.1) is 0 Å². The van der Waals surface area contributed by atoms with Crippen LogP contribution in [0.5, 0.6) is 11.5 Å². The molecule has 2 nitrogen and oxygen atoms in total. The number of rotatable bonds is 28. The first-order valence-corrected chi connectivity index (χ1v) is 22.1. The van der Waals surface area contributed by atoms with E-state index in [9.17, 15) is 0 Å². The van der Waals surface area contributed by atoms with E-state index in [0.29, 0.717) is 0 Å². The Bertz CT molecular complexity index is 1560. The largest absolute Gasteiger partial charge is 0.494 e. The van der Waals surface area contributed by atoms with Gasteiger partial charge in [0.15, 0.2) is 0 Å². The van der Waals surface area contributed by atoms with Gasteiger partial charge in [-0.1, -0.05) is 230 Å². The molecule has 0 atom stereocenters. The standard InChI is InChI=1S/C51H73BO2/c1-6-8-10-12-14-16-18-20-22-30-36-53-49-41-48(52(46-34-28-25-29-35-46)51-43(4)38-42(3)39-44(51)5)50(40-47(49)45-32-26-24-27-33-45)54-37-31-23-21-19-17-15-13-11-9-7-2/h24-29,32-35,38-41H,6-23,30-31,36-37H2,1-5H3. The molecule has 0 aromatic heterocycles. The molecule has 292 valence electrons. The summed E-state index contributed by atoms with van der Waals surface area (Å²) < 4.78 is 13.7. The third-order valence-corrected chi connectivity index (χ3v) is 11.2. The van der Waals surface area contributed by atoms with Gasteiger partial charge in [0.2, 0.25) is 6.71 Å². The number of aryl methyl sites for hydroxylation is 3. The highest BCUT2D eigenvalue weighted by atomic mass is 16.5. The first-order chi connectivity index (χ1) is 26.5. The van der Waals surface area contributed by atoms with Gasteiger partial charge in [-0.2, -0.15) is 0 Å². The lowest BCUT2D eigenvalue weighted by atomic mass is 9.35. The zero-order valence-electron chi connectivity index (χ0n) is 35.0. The molecule has 0 saturated carbocycles. The van der Waals surface area contributed by atoms with Gasteiger partial charge < -0.3 is 9.47 Å². The van der Waals surface area contributed by atoms with E-state index in [2.05, 4.69) is 120 Å². The minimum atomic E-state index is 0.0269. The molecule has 0 N–H and O–H groups in total. The molecule has 0 bridgehead atoms. The van der Waals surface area contributed by atoms with Crippen molar-refractivity contribution in [1.82, 2.24) is 0 Å². The van der Waals surface area contributed by atoms with Crippen LogP contribution in [0.3, 0.4) is 0 Å². The van der Waals surface area contributed by atoms with Crippen LogP contribution in [0.15, 0.2) is 84.9 Å². The van der Waals surface area contributed by atoms with Crippen molar-refractivity contribution in [2.75, 3.05) is 13.2 Å². The summed E-state index contributed by atoms with van der Waals surface area (Å²) in [6, 6.07) is 31.1. The van der Waals surface area contributed by atoms with E-state index < -0.39 is 0 Å². The molecular formula is C51H73BO2. The van der Waals surface area contributed by atoms with Gasteiger partial charge >= 0.3 is 0 Å². The quantitative estimate of drug-likeness (QED) is 0.0428. The Kier molecular flexibility index (Phi) is 20.5. The fraction of sp³-hybridized carbons (Fsp3) is 0.529. The summed E-state index contributed by atoms with van der Waals surface area (Å²) in [5.41, 5.74) is 10.1. The Morgan fingerprint density at radius 1 is 0.444 bits per heavy atom. The molecule has 0 saturated heterocycles. The van der Waals surface area contributed by atoms with Crippen LogP contribution in [0.4, 0.5) is 0 Å². The van der Waals surface area contributed by atoms with Crippen LogP contribution < -0.4 is 25.9 Å². The van der Waals surface area contributed by atoms with Crippen molar-refractivity contribution in [3.63, 3.8) is 0 Å². The molecule has 0 heterocycles. The minimum absolute atomic E-state index is 0.0269. The van der Waals surface area contributed by atoms with Crippen LogP contribution in [0.1, 0.15) is 159 Å². The third kappa shape index (κ3) is 14.7. The molecule has 4 aromatic carbocycles. The Balaban J connectivity index is 1.59. The summed E-state index contributed by atoms with van der Waals surface area (Å²) >= 11 is 0. The summed E-state index contributed by atoms with van der Waals surface area (Å²) in [4.78, 5) is 0. The Hall–Kier alpha value is -3.46. The zero-order chi connectivity index (χ0) is 38.2. The molecule has 0 aliphatic heterocycles. The van der Waals surface area contributed by atoms with Gasteiger partial charge in [-0.25, -0.2) is 0 Å². The third-order valence-electron chi connectivity index (χ3n) is 11.2. The number of unbranched alkanes of at least 4 members (excludes halogenated alkanes) is 18. The summed E-state index contributed by atoms with van der Waals surface area (Å²) in [5.74, 6) is 1.94. The van der Waals surface area contributed by atoms with E-state index in [-0.39, 0.29) is 6.71 Å². The second kappa shape index (κ2) is 25.6. The summed E-state index contributed by atoms with van der Waals surface area (Å²) in [5, 5.41) is 0. The predicted octanol–water partition coefficient (Wildman–Crippen LogP) is 13.4. The maximum absolute atomic E-state index is 6.91. The minimum Gasteiger partial charge on any atom is -0.494 e. The fourth-order valence-electron chi connectivity index (χ4n) is 8.23. The summed E-state index contributed by atoms with van der Waals surface area (Å²) in [6.45, 7) is 12.8. The van der Waals surface area contributed by atoms with Crippen LogP contribution in [-0.4, -0.2) is 19.9 Å². The van der Waals surface area contributed by atoms with Crippen molar-refractivity contribution in [2.45, 2.75) is 163 Å². The van der Waals surface area contributed by atoms with E-state index in [4.69, 9.17) is 9.47 Å². The smallest absolute Gasteiger partial charge is 0.246 e.